The molecule has 2 N–H and O–H groups in total. The number of rotatable bonds is 1. The maximum absolute atomic E-state index is 12.0. The van der Waals surface area contributed by atoms with Gasteiger partial charge in [-0.15, -0.1) is 0 Å². The largest absolute Gasteiger partial charge is 0.377 e. The van der Waals surface area contributed by atoms with Gasteiger partial charge in [-0.3, -0.25) is 4.79 Å². The first kappa shape index (κ1) is 12.4. The van der Waals surface area contributed by atoms with E-state index >= 15 is 0 Å². The van der Waals surface area contributed by atoms with Gasteiger partial charge in [0.15, 0.2) is 0 Å². The van der Waals surface area contributed by atoms with Crippen LogP contribution in [0.4, 0.5) is 5.69 Å². The van der Waals surface area contributed by atoms with Crippen molar-refractivity contribution in [1.29, 1.82) is 0 Å². The Morgan fingerprint density at radius 3 is 2.71 bits per heavy atom. The van der Waals surface area contributed by atoms with Gasteiger partial charge in [0.1, 0.15) is 0 Å². The molecule has 0 saturated heterocycles. The van der Waals surface area contributed by atoms with Crippen molar-refractivity contribution in [2.45, 2.75) is 12.0 Å². The number of carbonyl (C=O) groups is 1. The molecular formula is C16H12ClN3O. The van der Waals surface area contributed by atoms with Gasteiger partial charge in [0.05, 0.1) is 6.04 Å². The van der Waals surface area contributed by atoms with Crippen molar-refractivity contribution in [3.63, 3.8) is 0 Å². The lowest BCUT2D eigenvalue weighted by Crippen LogP contribution is -2.16. The molecule has 0 bridgehead atoms. The molecule has 0 aliphatic carbocycles. The van der Waals surface area contributed by atoms with E-state index in [0.29, 0.717) is 10.6 Å². The standard InChI is InChI=1S/C16H12ClN3O/c17-10-6-4-9(5-7-10)15-12-8-18-20-16(21)11-2-1-3-13(19-15)14(11)12/h1-8,12,15,19H,(H,20,21). The Labute approximate surface area is 126 Å². The lowest BCUT2D eigenvalue weighted by molar-refractivity contribution is 0.0955. The third-order valence-electron chi connectivity index (χ3n) is 3.98. The van der Waals surface area contributed by atoms with Crippen LogP contribution in [0.25, 0.3) is 0 Å². The average molecular weight is 298 g/mol. The Morgan fingerprint density at radius 2 is 1.90 bits per heavy atom. The molecule has 2 aromatic rings. The van der Waals surface area contributed by atoms with E-state index in [1.807, 2.05) is 42.5 Å². The summed E-state index contributed by atoms with van der Waals surface area (Å²) in [4.78, 5) is 12.0. The smallest absolute Gasteiger partial charge is 0.271 e. The quantitative estimate of drug-likeness (QED) is 0.848. The summed E-state index contributed by atoms with van der Waals surface area (Å²) in [5.41, 5.74) is 6.35. The zero-order chi connectivity index (χ0) is 14.4. The number of carbonyl (C=O) groups excluding carboxylic acids is 1. The molecule has 2 atom stereocenters. The van der Waals surface area contributed by atoms with Gasteiger partial charge in [-0.1, -0.05) is 29.8 Å². The molecule has 0 saturated carbocycles. The predicted molar refractivity (Wildman–Crippen MR) is 83.0 cm³/mol. The third kappa shape index (κ3) is 1.91. The van der Waals surface area contributed by atoms with Crippen molar-refractivity contribution in [1.82, 2.24) is 5.43 Å². The van der Waals surface area contributed by atoms with Gasteiger partial charge in [-0.05, 0) is 35.4 Å². The zero-order valence-electron chi connectivity index (χ0n) is 11.0. The van der Waals surface area contributed by atoms with Gasteiger partial charge in [-0.25, -0.2) is 5.43 Å². The molecule has 2 unspecified atom stereocenters. The van der Waals surface area contributed by atoms with E-state index in [-0.39, 0.29) is 17.9 Å². The lowest BCUT2D eigenvalue weighted by atomic mass is 9.89. The van der Waals surface area contributed by atoms with Crippen LogP contribution in [0.3, 0.4) is 0 Å². The van der Waals surface area contributed by atoms with E-state index < -0.39 is 0 Å². The zero-order valence-corrected chi connectivity index (χ0v) is 11.8. The van der Waals surface area contributed by atoms with E-state index in [2.05, 4.69) is 15.8 Å². The Bertz CT molecular complexity index is 755. The second kappa shape index (κ2) is 4.60. The maximum Gasteiger partial charge on any atom is 0.271 e. The van der Waals surface area contributed by atoms with Gasteiger partial charge >= 0.3 is 0 Å². The normalized spacial score (nSPS) is 22.2. The highest BCUT2D eigenvalue weighted by atomic mass is 35.5. The Morgan fingerprint density at radius 1 is 1.10 bits per heavy atom. The molecule has 1 amide bonds. The van der Waals surface area contributed by atoms with Crippen LogP contribution in [0, 0.1) is 0 Å². The van der Waals surface area contributed by atoms with Crippen LogP contribution < -0.4 is 10.7 Å². The second-order valence-corrected chi connectivity index (χ2v) is 5.62. The number of amides is 1. The van der Waals surface area contributed by atoms with Crippen LogP contribution in [0.2, 0.25) is 5.02 Å². The summed E-state index contributed by atoms with van der Waals surface area (Å²) >= 11 is 5.96. The summed E-state index contributed by atoms with van der Waals surface area (Å²) in [6, 6.07) is 13.5. The van der Waals surface area contributed by atoms with Crippen LogP contribution in [-0.4, -0.2) is 12.1 Å². The second-order valence-electron chi connectivity index (χ2n) is 5.19. The minimum atomic E-state index is -0.163. The van der Waals surface area contributed by atoms with Gasteiger partial charge in [0, 0.05) is 28.4 Å². The molecule has 0 fully saturated rings. The molecule has 2 aliphatic heterocycles. The van der Waals surface area contributed by atoms with Crippen molar-refractivity contribution < 1.29 is 4.79 Å². The van der Waals surface area contributed by atoms with Gasteiger partial charge in [0.2, 0.25) is 0 Å². The molecule has 4 nitrogen and oxygen atoms in total. The summed E-state index contributed by atoms with van der Waals surface area (Å²) in [5, 5.41) is 8.25. The monoisotopic (exact) mass is 297 g/mol. The first-order valence-electron chi connectivity index (χ1n) is 6.72. The molecule has 4 rings (SSSR count). The van der Waals surface area contributed by atoms with Crippen molar-refractivity contribution in [3.8, 4) is 0 Å². The number of hydrazone groups is 1. The number of hydrogen-bond donors (Lipinski definition) is 2. The summed E-state index contributed by atoms with van der Waals surface area (Å²) in [7, 11) is 0. The number of benzene rings is 2. The van der Waals surface area contributed by atoms with E-state index in [0.717, 1.165) is 16.8 Å². The highest BCUT2D eigenvalue weighted by Gasteiger charge is 2.36. The summed E-state index contributed by atoms with van der Waals surface area (Å²) in [6.45, 7) is 0. The summed E-state index contributed by atoms with van der Waals surface area (Å²) in [5.74, 6) is -0.138. The molecule has 0 radical (unpaired) electrons. The number of hydrogen-bond acceptors (Lipinski definition) is 3. The first-order valence-corrected chi connectivity index (χ1v) is 7.10. The highest BCUT2D eigenvalue weighted by Crippen LogP contribution is 2.45. The fourth-order valence-electron chi connectivity index (χ4n) is 3.03. The van der Waals surface area contributed by atoms with Gasteiger partial charge in [0.25, 0.3) is 5.91 Å². The molecule has 2 heterocycles. The SMILES string of the molecule is O=C1NN=CC2c3c(cccc31)NC2c1ccc(Cl)cc1. The lowest BCUT2D eigenvalue weighted by Gasteiger charge is -2.17. The first-order chi connectivity index (χ1) is 10.2. The fourth-order valence-corrected chi connectivity index (χ4v) is 3.16. The van der Waals surface area contributed by atoms with Crippen LogP contribution in [0.15, 0.2) is 47.6 Å². The predicted octanol–water partition coefficient (Wildman–Crippen LogP) is 3.32. The van der Waals surface area contributed by atoms with Crippen molar-refractivity contribution >= 4 is 29.4 Å². The van der Waals surface area contributed by atoms with Gasteiger partial charge in [-0.2, -0.15) is 5.10 Å². The molecule has 5 heteroatoms. The molecule has 2 aliphatic rings. The summed E-state index contributed by atoms with van der Waals surface area (Å²) in [6.07, 6.45) is 1.80. The summed E-state index contributed by atoms with van der Waals surface area (Å²) < 4.78 is 0. The molecule has 2 aromatic carbocycles. The van der Waals surface area contributed by atoms with E-state index in [9.17, 15) is 4.79 Å². The Balaban J connectivity index is 1.84. The van der Waals surface area contributed by atoms with Crippen molar-refractivity contribution in [2.75, 3.05) is 5.32 Å². The minimum Gasteiger partial charge on any atom is -0.377 e. The third-order valence-corrected chi connectivity index (χ3v) is 4.24. The topological polar surface area (TPSA) is 53.5 Å². The average Bonchev–Trinajstić information content (AvgIpc) is 2.77. The van der Waals surface area contributed by atoms with Crippen LogP contribution in [0.1, 0.15) is 33.4 Å². The molecular weight excluding hydrogens is 286 g/mol. The van der Waals surface area contributed by atoms with E-state index in [4.69, 9.17) is 11.6 Å². The number of nitrogens with zero attached hydrogens (tertiary/aromatic N) is 1. The molecule has 0 spiro atoms. The Hall–Kier alpha value is -2.33. The van der Waals surface area contributed by atoms with E-state index in [1.54, 1.807) is 6.21 Å². The number of halogens is 1. The maximum atomic E-state index is 12.0. The van der Waals surface area contributed by atoms with Crippen molar-refractivity contribution in [3.05, 3.63) is 64.2 Å². The van der Waals surface area contributed by atoms with Gasteiger partial charge < -0.3 is 5.32 Å². The molecule has 0 aromatic heterocycles. The number of nitrogens with one attached hydrogen (secondary N) is 2. The minimum absolute atomic E-state index is 0.0244. The number of anilines is 1. The van der Waals surface area contributed by atoms with Crippen LogP contribution in [-0.2, 0) is 0 Å². The van der Waals surface area contributed by atoms with Crippen molar-refractivity contribution in [2.24, 2.45) is 5.10 Å². The van der Waals surface area contributed by atoms with E-state index in [1.165, 1.54) is 0 Å². The fraction of sp³-hybridized carbons (Fsp3) is 0.125. The molecule has 21 heavy (non-hydrogen) atoms. The van der Waals surface area contributed by atoms with Crippen LogP contribution >= 0.6 is 11.6 Å². The highest BCUT2D eigenvalue weighted by molar-refractivity contribution is 6.30. The molecule has 104 valence electrons. The Kier molecular flexibility index (Phi) is 2.72. The van der Waals surface area contributed by atoms with Crippen LogP contribution in [0.5, 0.6) is 0 Å².